The van der Waals surface area contributed by atoms with Gasteiger partial charge in [0.2, 0.25) is 0 Å². The van der Waals surface area contributed by atoms with Crippen LogP contribution in [0.1, 0.15) is 10.4 Å². The van der Waals surface area contributed by atoms with E-state index in [4.69, 9.17) is 5.53 Å². The maximum Gasteiger partial charge on any atom is 0.343 e. The van der Waals surface area contributed by atoms with E-state index in [0.717, 1.165) is 24.5 Å². The fraction of sp³-hybridized carbons (Fsp3) is 0. The molecule has 0 spiro atoms. The number of nitro groups is 1. The lowest BCUT2D eigenvalue weighted by Gasteiger charge is -2.02. The molecule has 1 aromatic rings. The summed E-state index contributed by atoms with van der Waals surface area (Å²) in [4.78, 5) is 23.8. The molecular weight excluding hydrogens is 228 g/mol. The van der Waals surface area contributed by atoms with E-state index < -0.39 is 10.9 Å². The molecule has 0 N–H and O–H groups in total. The minimum absolute atomic E-state index is 0.0510. The van der Waals surface area contributed by atoms with Gasteiger partial charge in [-0.2, -0.15) is 0 Å². The molecule has 8 nitrogen and oxygen atoms in total. The number of hydrogen-bond acceptors (Lipinski definition) is 5. The first-order chi connectivity index (χ1) is 8.10. The summed E-state index contributed by atoms with van der Waals surface area (Å²) in [5.41, 5.74) is 7.73. The summed E-state index contributed by atoms with van der Waals surface area (Å²) in [6, 6.07) is 3.25. The second-order valence-corrected chi connectivity index (χ2v) is 2.72. The van der Waals surface area contributed by atoms with Crippen LogP contribution in [-0.2, 0) is 4.74 Å². The Labute approximate surface area is 94.9 Å². The standard InChI is InChI=1S/C9H6N4O4/c1-2-17-9(14)7-5-6(13(15)16)3-4-8(7)11-12-10/h2-5H,1H2. The Balaban J connectivity index is 3.33. The molecule has 1 aromatic carbocycles. The molecule has 0 heterocycles. The summed E-state index contributed by atoms with van der Waals surface area (Å²) in [5, 5.41) is 13.8. The number of benzene rings is 1. The molecule has 0 atom stereocenters. The SMILES string of the molecule is C=COC(=O)c1cc([N+](=O)[O-])ccc1N=[N+]=[N-]. The fourth-order valence-corrected chi connectivity index (χ4v) is 1.08. The zero-order valence-corrected chi connectivity index (χ0v) is 8.44. The minimum atomic E-state index is -0.883. The molecule has 1 rings (SSSR count). The van der Waals surface area contributed by atoms with Gasteiger partial charge in [-0.05, 0) is 11.6 Å². The van der Waals surface area contributed by atoms with Crippen LogP contribution in [0.5, 0.6) is 0 Å². The van der Waals surface area contributed by atoms with E-state index >= 15 is 0 Å². The number of carbonyl (C=O) groups is 1. The molecule has 17 heavy (non-hydrogen) atoms. The molecule has 0 aliphatic carbocycles. The van der Waals surface area contributed by atoms with Gasteiger partial charge in [0.25, 0.3) is 5.69 Å². The van der Waals surface area contributed by atoms with Crippen molar-refractivity contribution in [3.8, 4) is 0 Å². The summed E-state index contributed by atoms with van der Waals surface area (Å²) in [7, 11) is 0. The largest absolute Gasteiger partial charge is 0.432 e. The summed E-state index contributed by atoms with van der Waals surface area (Å²) < 4.78 is 4.47. The van der Waals surface area contributed by atoms with Crippen LogP contribution < -0.4 is 0 Å². The number of rotatable bonds is 4. The monoisotopic (exact) mass is 234 g/mol. The van der Waals surface area contributed by atoms with Gasteiger partial charge in [-0.1, -0.05) is 11.7 Å². The first-order valence-electron chi connectivity index (χ1n) is 4.25. The third-order valence-electron chi connectivity index (χ3n) is 1.75. The Morgan fingerprint density at radius 2 is 2.35 bits per heavy atom. The normalized spacial score (nSPS) is 8.94. The second kappa shape index (κ2) is 5.29. The lowest BCUT2D eigenvalue weighted by atomic mass is 10.1. The van der Waals surface area contributed by atoms with Gasteiger partial charge in [-0.3, -0.25) is 10.1 Å². The van der Waals surface area contributed by atoms with Crippen molar-refractivity contribution in [1.82, 2.24) is 0 Å². The van der Waals surface area contributed by atoms with Gasteiger partial charge in [0.15, 0.2) is 0 Å². The molecule has 0 saturated heterocycles. The van der Waals surface area contributed by atoms with Crippen molar-refractivity contribution in [3.63, 3.8) is 0 Å². The van der Waals surface area contributed by atoms with Crippen molar-refractivity contribution >= 4 is 17.3 Å². The fourth-order valence-electron chi connectivity index (χ4n) is 1.08. The Hall–Kier alpha value is -2.86. The molecule has 0 aromatic heterocycles. The topological polar surface area (TPSA) is 118 Å². The molecule has 0 radical (unpaired) electrons. The maximum absolute atomic E-state index is 11.4. The molecule has 8 heteroatoms. The number of nitro benzene ring substituents is 1. The van der Waals surface area contributed by atoms with Crippen molar-refractivity contribution in [1.29, 1.82) is 0 Å². The summed E-state index contributed by atoms with van der Waals surface area (Å²) >= 11 is 0. The van der Waals surface area contributed by atoms with Gasteiger partial charge in [-0.25, -0.2) is 4.79 Å². The number of esters is 1. The average molecular weight is 234 g/mol. The molecular formula is C9H6N4O4. The number of ether oxygens (including phenoxy) is 1. The van der Waals surface area contributed by atoms with Crippen molar-refractivity contribution < 1.29 is 14.5 Å². The van der Waals surface area contributed by atoms with E-state index in [2.05, 4.69) is 21.3 Å². The first-order valence-corrected chi connectivity index (χ1v) is 4.25. The minimum Gasteiger partial charge on any atom is -0.432 e. The van der Waals surface area contributed by atoms with E-state index in [0.29, 0.717) is 0 Å². The van der Waals surface area contributed by atoms with Crippen LogP contribution in [0, 0.1) is 10.1 Å². The van der Waals surface area contributed by atoms with Crippen LogP contribution in [0.2, 0.25) is 0 Å². The quantitative estimate of drug-likeness (QED) is 0.151. The predicted octanol–water partition coefficient (Wildman–Crippen LogP) is 2.84. The van der Waals surface area contributed by atoms with Crippen LogP contribution in [-0.4, -0.2) is 10.9 Å². The average Bonchev–Trinajstić information content (AvgIpc) is 2.30. The first kappa shape index (κ1) is 12.2. The molecule has 0 amide bonds. The number of non-ortho nitro benzene ring substituents is 1. The van der Waals surface area contributed by atoms with E-state index in [1.807, 2.05) is 0 Å². The predicted molar refractivity (Wildman–Crippen MR) is 57.5 cm³/mol. The lowest BCUT2D eigenvalue weighted by Crippen LogP contribution is -2.01. The molecule has 0 fully saturated rings. The molecule has 0 unspecified atom stereocenters. The highest BCUT2D eigenvalue weighted by Gasteiger charge is 2.16. The number of carbonyl (C=O) groups excluding carboxylic acids is 1. The Morgan fingerprint density at radius 1 is 1.65 bits per heavy atom. The third-order valence-corrected chi connectivity index (χ3v) is 1.75. The smallest absolute Gasteiger partial charge is 0.343 e. The van der Waals surface area contributed by atoms with Crippen LogP contribution in [0.25, 0.3) is 10.4 Å². The van der Waals surface area contributed by atoms with Gasteiger partial charge >= 0.3 is 5.97 Å². The van der Waals surface area contributed by atoms with Crippen LogP contribution in [0.15, 0.2) is 36.2 Å². The molecule has 86 valence electrons. The van der Waals surface area contributed by atoms with E-state index in [-0.39, 0.29) is 16.9 Å². The Bertz CT molecular complexity index is 534. The van der Waals surface area contributed by atoms with E-state index in [1.165, 1.54) is 0 Å². The van der Waals surface area contributed by atoms with Crippen molar-refractivity contribution in [3.05, 3.63) is 57.2 Å². The van der Waals surface area contributed by atoms with E-state index in [1.54, 1.807) is 0 Å². The summed E-state index contributed by atoms with van der Waals surface area (Å²) in [6.45, 7) is 3.18. The lowest BCUT2D eigenvalue weighted by molar-refractivity contribution is -0.384. The number of hydrogen-bond donors (Lipinski definition) is 0. The Morgan fingerprint density at radius 3 is 2.88 bits per heavy atom. The van der Waals surface area contributed by atoms with Crippen molar-refractivity contribution in [2.24, 2.45) is 5.11 Å². The maximum atomic E-state index is 11.4. The molecule has 0 aliphatic rings. The van der Waals surface area contributed by atoms with Crippen molar-refractivity contribution in [2.45, 2.75) is 0 Å². The van der Waals surface area contributed by atoms with Crippen LogP contribution in [0.3, 0.4) is 0 Å². The van der Waals surface area contributed by atoms with Crippen molar-refractivity contribution in [2.75, 3.05) is 0 Å². The summed E-state index contributed by atoms with van der Waals surface area (Å²) in [6.07, 6.45) is 0.876. The number of nitrogens with zero attached hydrogens (tertiary/aromatic N) is 4. The molecule has 0 bridgehead atoms. The zero-order valence-electron chi connectivity index (χ0n) is 8.44. The highest BCUT2D eigenvalue weighted by Crippen LogP contribution is 2.25. The zero-order chi connectivity index (χ0) is 12.8. The molecule has 0 saturated carbocycles. The number of azide groups is 1. The van der Waals surface area contributed by atoms with Gasteiger partial charge in [0.1, 0.15) is 0 Å². The van der Waals surface area contributed by atoms with Crippen LogP contribution >= 0.6 is 0 Å². The van der Waals surface area contributed by atoms with Gasteiger partial charge < -0.3 is 4.74 Å². The van der Waals surface area contributed by atoms with E-state index in [9.17, 15) is 14.9 Å². The van der Waals surface area contributed by atoms with Gasteiger partial charge in [0, 0.05) is 17.0 Å². The third kappa shape index (κ3) is 2.80. The summed E-state index contributed by atoms with van der Waals surface area (Å²) in [5.74, 6) is -0.883. The van der Waals surface area contributed by atoms with Gasteiger partial charge in [0.05, 0.1) is 22.4 Å². The second-order valence-electron chi connectivity index (χ2n) is 2.72. The van der Waals surface area contributed by atoms with Crippen LogP contribution in [0.4, 0.5) is 11.4 Å². The van der Waals surface area contributed by atoms with Gasteiger partial charge in [-0.15, -0.1) is 0 Å². The molecule has 0 aliphatic heterocycles. The highest BCUT2D eigenvalue weighted by molar-refractivity contribution is 5.95. The Kier molecular flexibility index (Phi) is 3.80. The highest BCUT2D eigenvalue weighted by atomic mass is 16.6.